The summed E-state index contributed by atoms with van der Waals surface area (Å²) in [7, 11) is 0. The van der Waals surface area contributed by atoms with Gasteiger partial charge in [-0.1, -0.05) is 50.1 Å². The van der Waals surface area contributed by atoms with E-state index in [2.05, 4.69) is 17.2 Å². The van der Waals surface area contributed by atoms with Crippen LogP contribution in [-0.2, 0) is 16.1 Å². The van der Waals surface area contributed by atoms with Gasteiger partial charge in [0.05, 0.1) is 16.7 Å². The molecule has 0 radical (unpaired) electrons. The number of hydrogen-bond donors (Lipinski definition) is 2. The van der Waals surface area contributed by atoms with Gasteiger partial charge < -0.3 is 11.1 Å². The van der Waals surface area contributed by atoms with E-state index in [4.69, 9.17) is 5.73 Å². The highest BCUT2D eigenvalue weighted by Crippen LogP contribution is 2.24. The molecule has 168 valence electrons. The van der Waals surface area contributed by atoms with E-state index in [1.54, 1.807) is 10.6 Å². The molecular weight excluding hydrogens is 412 g/mol. The molecule has 0 spiro atoms. The zero-order valence-electron chi connectivity index (χ0n) is 18.1. The summed E-state index contributed by atoms with van der Waals surface area (Å²) in [6, 6.07) is 7.52. The lowest BCUT2D eigenvalue weighted by Gasteiger charge is -2.29. The number of rotatable bonds is 10. The first-order chi connectivity index (χ1) is 15.0. The van der Waals surface area contributed by atoms with Crippen LogP contribution in [0.15, 0.2) is 34.2 Å². The van der Waals surface area contributed by atoms with E-state index in [1.165, 1.54) is 18.2 Å². The predicted molar refractivity (Wildman–Crippen MR) is 124 cm³/mol. The molecule has 1 fully saturated rings. The van der Waals surface area contributed by atoms with Crippen LogP contribution < -0.4 is 16.6 Å². The number of amides is 2. The number of para-hydroxylation sites is 1. The van der Waals surface area contributed by atoms with Gasteiger partial charge in [0.1, 0.15) is 0 Å². The monoisotopic (exact) mass is 444 g/mol. The minimum atomic E-state index is -0.306. The van der Waals surface area contributed by atoms with Crippen LogP contribution in [0.1, 0.15) is 58.3 Å². The number of carbonyl (C=O) groups excluding carboxylic acids is 2. The summed E-state index contributed by atoms with van der Waals surface area (Å²) >= 11 is 1.31. The Morgan fingerprint density at radius 3 is 2.74 bits per heavy atom. The number of hydrogen-bond acceptors (Lipinski definition) is 5. The fourth-order valence-electron chi connectivity index (χ4n) is 4.11. The fourth-order valence-corrected chi connectivity index (χ4v) is 4.95. The Kier molecular flexibility index (Phi) is 8.51. The van der Waals surface area contributed by atoms with Crippen molar-refractivity contribution >= 4 is 34.5 Å². The minimum absolute atomic E-state index is 0.0147. The Morgan fingerprint density at radius 2 is 1.97 bits per heavy atom. The van der Waals surface area contributed by atoms with Crippen molar-refractivity contribution in [2.24, 2.45) is 11.7 Å². The topological polar surface area (TPSA) is 107 Å². The number of nitrogens with zero attached hydrogens (tertiary/aromatic N) is 2. The highest BCUT2D eigenvalue weighted by Gasteiger charge is 2.23. The van der Waals surface area contributed by atoms with Crippen molar-refractivity contribution in [2.75, 3.05) is 5.75 Å². The first kappa shape index (κ1) is 23.3. The average molecular weight is 445 g/mol. The van der Waals surface area contributed by atoms with E-state index in [0.717, 1.165) is 32.1 Å². The maximum absolute atomic E-state index is 13.1. The van der Waals surface area contributed by atoms with Gasteiger partial charge in [0, 0.05) is 19.0 Å². The molecule has 1 aliphatic rings. The Morgan fingerprint density at radius 1 is 1.19 bits per heavy atom. The average Bonchev–Trinajstić information content (AvgIpc) is 2.75. The molecule has 1 aliphatic carbocycles. The smallest absolute Gasteiger partial charge is 0.262 e. The zero-order chi connectivity index (χ0) is 22.2. The van der Waals surface area contributed by atoms with Gasteiger partial charge in [0.2, 0.25) is 11.8 Å². The number of unbranched alkanes of at least 4 members (excludes halogenated alkanes) is 2. The molecule has 0 aliphatic heterocycles. The molecule has 0 bridgehead atoms. The van der Waals surface area contributed by atoms with Crippen molar-refractivity contribution in [3.63, 3.8) is 0 Å². The zero-order valence-corrected chi connectivity index (χ0v) is 19.0. The van der Waals surface area contributed by atoms with Crippen LogP contribution in [0, 0.1) is 5.92 Å². The van der Waals surface area contributed by atoms with Crippen molar-refractivity contribution in [1.82, 2.24) is 14.9 Å². The van der Waals surface area contributed by atoms with Gasteiger partial charge in [-0.3, -0.25) is 19.0 Å². The third-order valence-corrected chi connectivity index (χ3v) is 6.90. The van der Waals surface area contributed by atoms with Gasteiger partial charge in [-0.15, -0.1) is 0 Å². The first-order valence-corrected chi connectivity index (χ1v) is 12.1. The van der Waals surface area contributed by atoms with Gasteiger partial charge >= 0.3 is 0 Å². The van der Waals surface area contributed by atoms with E-state index in [1.807, 2.05) is 18.2 Å². The second-order valence-corrected chi connectivity index (χ2v) is 9.31. The summed E-state index contributed by atoms with van der Waals surface area (Å²) in [6.45, 7) is 2.69. The van der Waals surface area contributed by atoms with Gasteiger partial charge in [0.25, 0.3) is 5.56 Å². The molecule has 2 atom stereocenters. The van der Waals surface area contributed by atoms with Crippen molar-refractivity contribution < 1.29 is 9.59 Å². The molecule has 1 saturated carbocycles. The number of benzene rings is 1. The lowest BCUT2D eigenvalue weighted by atomic mass is 9.86. The van der Waals surface area contributed by atoms with Crippen LogP contribution in [0.2, 0.25) is 0 Å². The maximum Gasteiger partial charge on any atom is 0.262 e. The second kappa shape index (κ2) is 11.3. The lowest BCUT2D eigenvalue weighted by Crippen LogP contribution is -2.42. The third kappa shape index (κ3) is 6.56. The molecule has 7 nitrogen and oxygen atoms in total. The normalized spacial score (nSPS) is 18.7. The van der Waals surface area contributed by atoms with Gasteiger partial charge in [-0.25, -0.2) is 4.98 Å². The molecule has 2 aromatic rings. The summed E-state index contributed by atoms with van der Waals surface area (Å²) in [6.07, 6.45) is 7.17. The summed E-state index contributed by atoms with van der Waals surface area (Å²) in [5.74, 6) is 0.411. The Hall–Kier alpha value is -2.35. The second-order valence-electron chi connectivity index (χ2n) is 8.37. The van der Waals surface area contributed by atoms with Crippen LogP contribution in [0.4, 0.5) is 0 Å². The maximum atomic E-state index is 13.1. The number of nitrogens with one attached hydrogen (secondary N) is 1. The molecule has 8 heteroatoms. The molecule has 3 N–H and O–H groups in total. The van der Waals surface area contributed by atoms with Crippen LogP contribution in [0.3, 0.4) is 0 Å². The molecule has 2 amide bonds. The van der Waals surface area contributed by atoms with E-state index in [0.29, 0.717) is 41.4 Å². The van der Waals surface area contributed by atoms with E-state index in [9.17, 15) is 14.4 Å². The van der Waals surface area contributed by atoms with Crippen molar-refractivity contribution in [3.05, 3.63) is 34.6 Å². The Balaban J connectivity index is 1.69. The van der Waals surface area contributed by atoms with E-state index in [-0.39, 0.29) is 29.2 Å². The SMILES string of the molecule is C[C@@H]1CCCC[C@H]1NC(=O)CSc1nc2ccccc2c(=O)n1CCCCCC(N)=O. The van der Waals surface area contributed by atoms with Crippen LogP contribution in [-0.4, -0.2) is 33.2 Å². The third-order valence-electron chi connectivity index (χ3n) is 5.92. The number of carbonyl (C=O) groups is 2. The van der Waals surface area contributed by atoms with Crippen molar-refractivity contribution in [3.8, 4) is 0 Å². The summed E-state index contributed by atoms with van der Waals surface area (Å²) < 4.78 is 1.66. The first-order valence-electron chi connectivity index (χ1n) is 11.2. The standard InChI is InChI=1S/C23H32N4O3S/c1-16-9-4-6-11-18(16)25-21(29)15-31-23-26-19-12-7-5-10-17(19)22(30)27(23)14-8-2-3-13-20(24)28/h5,7,10,12,16,18H,2-4,6,8-9,11,13-15H2,1H3,(H2,24,28)(H,25,29)/t16-,18-/m1/s1. The number of fused-ring (bicyclic) bond motifs is 1. The van der Waals surface area contributed by atoms with Crippen LogP contribution in [0.5, 0.6) is 0 Å². The number of thioether (sulfide) groups is 1. The number of primary amides is 1. The van der Waals surface area contributed by atoms with Crippen LogP contribution >= 0.6 is 11.8 Å². The Bertz CT molecular complexity index is 975. The van der Waals surface area contributed by atoms with E-state index >= 15 is 0 Å². The quantitative estimate of drug-likeness (QED) is 0.332. The predicted octanol–water partition coefficient (Wildman–Crippen LogP) is 3.23. The molecule has 0 unspecified atom stereocenters. The Labute approximate surface area is 187 Å². The lowest BCUT2D eigenvalue weighted by molar-refractivity contribution is -0.120. The van der Waals surface area contributed by atoms with E-state index < -0.39 is 0 Å². The van der Waals surface area contributed by atoms with Crippen molar-refractivity contribution in [2.45, 2.75) is 76.0 Å². The molecule has 1 aromatic carbocycles. The number of nitrogens with two attached hydrogens (primary N) is 1. The highest BCUT2D eigenvalue weighted by atomic mass is 32.2. The van der Waals surface area contributed by atoms with Gasteiger partial charge in [0.15, 0.2) is 5.16 Å². The minimum Gasteiger partial charge on any atom is -0.370 e. The summed E-state index contributed by atoms with van der Waals surface area (Å²) in [5, 5.41) is 4.30. The molecule has 3 rings (SSSR count). The fraction of sp³-hybridized carbons (Fsp3) is 0.565. The highest BCUT2D eigenvalue weighted by molar-refractivity contribution is 7.99. The summed E-state index contributed by atoms with van der Waals surface area (Å²) in [4.78, 5) is 41.2. The molecule has 1 aromatic heterocycles. The molecule has 31 heavy (non-hydrogen) atoms. The molecule has 0 saturated heterocycles. The van der Waals surface area contributed by atoms with Crippen molar-refractivity contribution in [1.29, 1.82) is 0 Å². The van der Waals surface area contributed by atoms with Crippen LogP contribution in [0.25, 0.3) is 10.9 Å². The molecular formula is C23H32N4O3S. The summed E-state index contributed by atoms with van der Waals surface area (Å²) in [5.41, 5.74) is 5.74. The van der Waals surface area contributed by atoms with Gasteiger partial charge in [-0.2, -0.15) is 0 Å². The molecule has 1 heterocycles. The number of aromatic nitrogens is 2. The largest absolute Gasteiger partial charge is 0.370 e. The van der Waals surface area contributed by atoms with Gasteiger partial charge in [-0.05, 0) is 43.7 Å².